The fourth-order valence-electron chi connectivity index (χ4n) is 2.15. The Balaban J connectivity index is 2.39. The van der Waals surface area contributed by atoms with Gasteiger partial charge < -0.3 is 19.7 Å². The summed E-state index contributed by atoms with van der Waals surface area (Å²) in [5.41, 5.74) is -0.586. The number of H-pyrrole nitrogens is 1. The monoisotopic (exact) mass is 334 g/mol. The maximum Gasteiger partial charge on any atom is 0.310 e. The maximum atomic E-state index is 14.1. The fourth-order valence-corrected chi connectivity index (χ4v) is 2.40. The molecule has 10 heteroatoms. The number of esters is 1. The molecule has 0 aliphatic carbocycles. The van der Waals surface area contributed by atoms with Gasteiger partial charge in [-0.2, -0.15) is 0 Å². The molecule has 1 aromatic rings. The van der Waals surface area contributed by atoms with Crippen LogP contribution in [0, 0.1) is 4.77 Å². The average Bonchev–Trinajstić information content (AvgIpc) is 2.77. The van der Waals surface area contributed by atoms with Crippen LogP contribution in [0.15, 0.2) is 11.0 Å². The predicted octanol–water partition coefficient (Wildman–Crippen LogP) is -0.790. The van der Waals surface area contributed by atoms with E-state index in [9.17, 15) is 19.1 Å². The van der Waals surface area contributed by atoms with Crippen LogP contribution < -0.4 is 5.56 Å². The van der Waals surface area contributed by atoms with Crippen molar-refractivity contribution in [2.45, 2.75) is 31.0 Å². The van der Waals surface area contributed by atoms with Gasteiger partial charge in [-0.1, -0.05) is 0 Å². The second-order valence-electron chi connectivity index (χ2n) is 4.76. The molecule has 0 radical (unpaired) electrons. The van der Waals surface area contributed by atoms with Gasteiger partial charge in [0, 0.05) is 11.8 Å². The van der Waals surface area contributed by atoms with E-state index in [4.69, 9.17) is 22.1 Å². The Morgan fingerprint density at radius 3 is 2.86 bits per heavy atom. The molecule has 4 atom stereocenters. The molecule has 0 saturated carbocycles. The Bertz CT molecular complexity index is 674. The van der Waals surface area contributed by atoms with Crippen molar-refractivity contribution in [3.8, 4) is 0 Å². The van der Waals surface area contributed by atoms with Crippen LogP contribution in [-0.2, 0) is 20.7 Å². The van der Waals surface area contributed by atoms with Crippen LogP contribution in [0.3, 0.4) is 0 Å². The highest BCUT2D eigenvalue weighted by atomic mass is 32.1. The molecule has 1 unspecified atom stereocenters. The molecule has 0 amide bonds. The third kappa shape index (κ3) is 3.09. The maximum absolute atomic E-state index is 14.1. The highest BCUT2D eigenvalue weighted by Crippen LogP contribution is 2.31. The summed E-state index contributed by atoms with van der Waals surface area (Å²) in [4.78, 5) is 25.3. The van der Waals surface area contributed by atoms with E-state index in [1.54, 1.807) is 0 Å². The zero-order valence-corrected chi connectivity index (χ0v) is 12.4. The van der Waals surface area contributed by atoms with E-state index < -0.39 is 42.7 Å². The summed E-state index contributed by atoms with van der Waals surface area (Å²) in [6, 6.07) is 0. The Morgan fingerprint density at radius 2 is 2.32 bits per heavy atom. The molecule has 0 bridgehead atoms. The number of carbonyl (C=O) groups excluding carboxylic acids is 1. The second kappa shape index (κ2) is 6.65. The summed E-state index contributed by atoms with van der Waals surface area (Å²) in [6.45, 7) is -0.566. The number of aromatic nitrogens is 2. The summed E-state index contributed by atoms with van der Waals surface area (Å²) in [5.74, 6) is -0.647. The highest BCUT2D eigenvalue weighted by Gasteiger charge is 2.45. The molecular weight excluding hydrogens is 319 g/mol. The van der Waals surface area contributed by atoms with E-state index >= 15 is 0 Å². The number of nitrogens with one attached hydrogen (secondary N) is 1. The number of nitrogens with zero attached hydrogens (tertiary/aromatic N) is 1. The molecule has 1 fully saturated rings. The molecule has 2 heterocycles. The van der Waals surface area contributed by atoms with Gasteiger partial charge in [0.1, 0.15) is 12.2 Å². The third-order valence-corrected chi connectivity index (χ3v) is 3.66. The lowest BCUT2D eigenvalue weighted by atomic mass is 10.1. The first kappa shape index (κ1) is 16.7. The van der Waals surface area contributed by atoms with Gasteiger partial charge in [-0.15, -0.1) is 0 Å². The first-order valence-corrected chi connectivity index (χ1v) is 6.79. The van der Waals surface area contributed by atoms with E-state index in [-0.39, 0.29) is 16.8 Å². The normalized spacial score (nSPS) is 27.8. The van der Waals surface area contributed by atoms with Gasteiger partial charge in [-0.3, -0.25) is 19.1 Å². The average molecular weight is 334 g/mol. The number of hydrogen-bond acceptors (Lipinski definition) is 7. The number of aromatic amines is 1. The Morgan fingerprint density at radius 1 is 1.64 bits per heavy atom. The number of methoxy groups -OCH3 is 1. The van der Waals surface area contributed by atoms with Crippen molar-refractivity contribution in [1.82, 2.24) is 9.55 Å². The minimum Gasteiger partial charge on any atom is -0.469 e. The summed E-state index contributed by atoms with van der Waals surface area (Å²) >= 11 is 4.94. The van der Waals surface area contributed by atoms with Crippen molar-refractivity contribution in [2.75, 3.05) is 13.7 Å². The zero-order chi connectivity index (χ0) is 16.4. The third-order valence-electron chi connectivity index (χ3n) is 3.35. The molecule has 1 aliphatic heterocycles. The molecule has 122 valence electrons. The van der Waals surface area contributed by atoms with Crippen LogP contribution in [0.5, 0.6) is 0 Å². The van der Waals surface area contributed by atoms with Crippen molar-refractivity contribution in [3.05, 3.63) is 26.9 Å². The molecule has 0 spiro atoms. The Hall–Kier alpha value is -1.62. The number of ether oxygens (including phenoxy) is 2. The van der Waals surface area contributed by atoms with Gasteiger partial charge in [-0.05, 0) is 12.2 Å². The standard InChI is InChI=1S/C12H15FN2O6S/c1-20-7(17)2-5-3-15(12(22)14-10(5)19)11-8(13)9(18)6(4-16)21-11/h3,6,8-9,11,16,18H,2,4H2,1H3,(H,14,19,22)/t6-,8+,9?,11-/m1/s1. The van der Waals surface area contributed by atoms with Crippen LogP contribution in [0.25, 0.3) is 0 Å². The quantitative estimate of drug-likeness (QED) is 0.488. The van der Waals surface area contributed by atoms with E-state index in [1.165, 1.54) is 13.3 Å². The van der Waals surface area contributed by atoms with E-state index in [0.29, 0.717) is 0 Å². The SMILES string of the molecule is COC(=O)Cc1cn([C@@H]2O[C@H](CO)C(O)[C@@H]2F)c(=S)[nH]c1=O. The van der Waals surface area contributed by atoms with Gasteiger partial charge >= 0.3 is 5.97 Å². The van der Waals surface area contributed by atoms with Crippen LogP contribution in [-0.4, -0.2) is 57.8 Å². The van der Waals surface area contributed by atoms with Gasteiger partial charge in [0.05, 0.1) is 20.1 Å². The minimum absolute atomic E-state index is 0.0122. The molecule has 1 saturated heterocycles. The van der Waals surface area contributed by atoms with Crippen molar-refractivity contribution in [3.63, 3.8) is 0 Å². The van der Waals surface area contributed by atoms with Gasteiger partial charge in [0.2, 0.25) is 0 Å². The van der Waals surface area contributed by atoms with Crippen LogP contribution in [0.4, 0.5) is 4.39 Å². The number of hydrogen-bond donors (Lipinski definition) is 3. The largest absolute Gasteiger partial charge is 0.469 e. The first-order chi connectivity index (χ1) is 10.4. The molecule has 0 aromatic carbocycles. The number of carbonyl (C=O) groups is 1. The molecule has 3 N–H and O–H groups in total. The lowest BCUT2D eigenvalue weighted by molar-refractivity contribution is -0.139. The lowest BCUT2D eigenvalue weighted by Gasteiger charge is -2.17. The van der Waals surface area contributed by atoms with Gasteiger partial charge in [0.15, 0.2) is 17.2 Å². The van der Waals surface area contributed by atoms with Crippen molar-refractivity contribution >= 4 is 18.2 Å². The fraction of sp³-hybridized carbons (Fsp3) is 0.583. The van der Waals surface area contributed by atoms with Gasteiger partial charge in [0.25, 0.3) is 5.56 Å². The molecule has 1 aromatic heterocycles. The second-order valence-corrected chi connectivity index (χ2v) is 5.14. The molecule has 1 aliphatic rings. The Labute approximate surface area is 129 Å². The first-order valence-electron chi connectivity index (χ1n) is 6.38. The van der Waals surface area contributed by atoms with Crippen molar-refractivity contribution in [2.24, 2.45) is 0 Å². The molecular formula is C12H15FN2O6S. The van der Waals surface area contributed by atoms with E-state index in [0.717, 1.165) is 4.57 Å². The molecule has 2 rings (SSSR count). The Kier molecular flexibility index (Phi) is 5.06. The number of aliphatic hydroxyl groups is 2. The number of rotatable bonds is 4. The number of aliphatic hydroxyl groups excluding tert-OH is 2. The molecule has 8 nitrogen and oxygen atoms in total. The summed E-state index contributed by atoms with van der Waals surface area (Å²) < 4.78 is 24.8. The number of halogens is 1. The number of alkyl halides is 1. The zero-order valence-electron chi connectivity index (χ0n) is 11.6. The minimum atomic E-state index is -1.85. The van der Waals surface area contributed by atoms with Crippen LogP contribution in [0.1, 0.15) is 11.8 Å². The molecule has 22 heavy (non-hydrogen) atoms. The van der Waals surface area contributed by atoms with E-state index in [1.807, 2.05) is 0 Å². The van der Waals surface area contributed by atoms with Crippen molar-refractivity contribution in [1.29, 1.82) is 0 Å². The predicted molar refractivity (Wildman–Crippen MR) is 73.5 cm³/mol. The van der Waals surface area contributed by atoms with Crippen LogP contribution >= 0.6 is 12.2 Å². The summed E-state index contributed by atoms with van der Waals surface area (Å²) in [7, 11) is 1.17. The van der Waals surface area contributed by atoms with Crippen LogP contribution in [0.2, 0.25) is 0 Å². The van der Waals surface area contributed by atoms with Gasteiger partial charge in [-0.25, -0.2) is 4.39 Å². The summed E-state index contributed by atoms with van der Waals surface area (Å²) in [6.07, 6.45) is -4.92. The van der Waals surface area contributed by atoms with Crippen molar-refractivity contribution < 1.29 is 28.9 Å². The highest BCUT2D eigenvalue weighted by molar-refractivity contribution is 7.71. The topological polar surface area (TPSA) is 114 Å². The lowest BCUT2D eigenvalue weighted by Crippen LogP contribution is -2.31. The summed E-state index contributed by atoms with van der Waals surface area (Å²) in [5, 5.41) is 18.7. The van der Waals surface area contributed by atoms with E-state index in [2.05, 4.69) is 9.72 Å². The smallest absolute Gasteiger partial charge is 0.310 e.